The van der Waals surface area contributed by atoms with Crippen LogP contribution in [-0.2, 0) is 28.8 Å². The number of carboxylic acid groups (broad SMARTS) is 1. The standard InChI is InChI=1S/C14H24N6O7S/c15-4-11(23)18-8(5-28)13(25)19-6(1-2-9(16)21)12(24)20-7(14(26)27)3-10(17)22/h6-8,28H,1-5,15H2,(H2,16,21)(H2,17,22)(H,18,23)(H,19,25)(H,20,24)(H,26,27). The predicted molar refractivity (Wildman–Crippen MR) is 98.6 cm³/mol. The molecule has 0 heterocycles. The van der Waals surface area contributed by atoms with Gasteiger partial charge in [-0.05, 0) is 6.42 Å². The molecule has 0 bridgehead atoms. The molecule has 14 heteroatoms. The van der Waals surface area contributed by atoms with E-state index in [1.54, 1.807) is 0 Å². The molecule has 0 radical (unpaired) electrons. The van der Waals surface area contributed by atoms with Gasteiger partial charge in [-0.1, -0.05) is 0 Å². The number of amides is 5. The topological polar surface area (TPSA) is 237 Å². The van der Waals surface area contributed by atoms with Gasteiger partial charge < -0.3 is 38.3 Å². The number of nitrogens with two attached hydrogens (primary N) is 3. The van der Waals surface area contributed by atoms with Crippen molar-refractivity contribution in [3.8, 4) is 0 Å². The van der Waals surface area contributed by atoms with Gasteiger partial charge in [0.1, 0.15) is 18.1 Å². The zero-order valence-electron chi connectivity index (χ0n) is 14.8. The number of carbonyl (C=O) groups excluding carboxylic acids is 5. The molecular formula is C14H24N6O7S. The minimum Gasteiger partial charge on any atom is -0.480 e. The smallest absolute Gasteiger partial charge is 0.326 e. The first kappa shape index (κ1) is 25.1. The van der Waals surface area contributed by atoms with Crippen molar-refractivity contribution in [1.29, 1.82) is 0 Å². The van der Waals surface area contributed by atoms with E-state index in [1.807, 2.05) is 0 Å². The maximum absolute atomic E-state index is 12.4. The Hall–Kier alpha value is -2.87. The number of hydrogen-bond acceptors (Lipinski definition) is 8. The highest BCUT2D eigenvalue weighted by atomic mass is 32.1. The van der Waals surface area contributed by atoms with Crippen LogP contribution in [0, 0.1) is 0 Å². The zero-order valence-corrected chi connectivity index (χ0v) is 15.7. The number of nitrogens with one attached hydrogen (secondary N) is 3. The summed E-state index contributed by atoms with van der Waals surface area (Å²) in [6.45, 7) is -0.378. The average molecular weight is 420 g/mol. The van der Waals surface area contributed by atoms with Gasteiger partial charge in [0, 0.05) is 12.2 Å². The summed E-state index contributed by atoms with van der Waals surface area (Å²) >= 11 is 3.93. The van der Waals surface area contributed by atoms with Gasteiger partial charge in [0.05, 0.1) is 13.0 Å². The molecule has 0 aliphatic carbocycles. The largest absolute Gasteiger partial charge is 0.480 e. The number of thiol groups is 1. The second-order valence-electron chi connectivity index (χ2n) is 5.64. The van der Waals surface area contributed by atoms with Crippen molar-refractivity contribution < 1.29 is 33.9 Å². The molecule has 3 unspecified atom stereocenters. The Balaban J connectivity index is 5.27. The SMILES string of the molecule is NCC(=O)NC(CS)C(=O)NC(CCC(N)=O)C(=O)NC(CC(N)=O)C(=O)O. The number of rotatable bonds is 13. The van der Waals surface area contributed by atoms with E-state index in [9.17, 15) is 28.8 Å². The Kier molecular flexibility index (Phi) is 11.2. The van der Waals surface area contributed by atoms with Gasteiger partial charge in [0.25, 0.3) is 0 Å². The van der Waals surface area contributed by atoms with Gasteiger partial charge in [0.15, 0.2) is 0 Å². The van der Waals surface area contributed by atoms with E-state index in [4.69, 9.17) is 22.3 Å². The van der Waals surface area contributed by atoms with Crippen LogP contribution in [0.5, 0.6) is 0 Å². The number of carbonyl (C=O) groups is 6. The van der Waals surface area contributed by atoms with E-state index in [0.717, 1.165) is 0 Å². The van der Waals surface area contributed by atoms with Crippen LogP contribution in [0.15, 0.2) is 0 Å². The second kappa shape index (κ2) is 12.5. The summed E-state index contributed by atoms with van der Waals surface area (Å²) in [5.74, 6) is -5.81. The molecule has 0 rings (SSSR count). The first-order chi connectivity index (χ1) is 13.0. The lowest BCUT2D eigenvalue weighted by Gasteiger charge is -2.23. The van der Waals surface area contributed by atoms with Gasteiger partial charge in [-0.15, -0.1) is 0 Å². The third-order valence-corrected chi connectivity index (χ3v) is 3.72. The summed E-state index contributed by atoms with van der Waals surface area (Å²) in [7, 11) is 0. The van der Waals surface area contributed by atoms with Crippen LogP contribution in [0.2, 0.25) is 0 Å². The average Bonchev–Trinajstić information content (AvgIpc) is 2.61. The summed E-state index contributed by atoms with van der Waals surface area (Å²) in [6, 6.07) is -4.13. The Bertz CT molecular complexity index is 629. The minimum absolute atomic E-state index is 0.124. The van der Waals surface area contributed by atoms with Crippen molar-refractivity contribution in [2.45, 2.75) is 37.4 Å². The molecule has 0 aromatic heterocycles. The van der Waals surface area contributed by atoms with Gasteiger partial charge in [0.2, 0.25) is 29.5 Å². The lowest BCUT2D eigenvalue weighted by molar-refractivity contribution is -0.144. The molecule has 0 fully saturated rings. The summed E-state index contributed by atoms with van der Waals surface area (Å²) < 4.78 is 0. The molecule has 5 amide bonds. The highest BCUT2D eigenvalue weighted by Gasteiger charge is 2.29. The predicted octanol–water partition coefficient (Wildman–Crippen LogP) is -4.45. The first-order valence-electron chi connectivity index (χ1n) is 8.02. The highest BCUT2D eigenvalue weighted by Crippen LogP contribution is 2.02. The second-order valence-corrected chi connectivity index (χ2v) is 6.01. The summed E-state index contributed by atoms with van der Waals surface area (Å²) in [4.78, 5) is 69.1. The lowest BCUT2D eigenvalue weighted by Crippen LogP contribution is -2.57. The molecule has 3 atom stereocenters. The van der Waals surface area contributed by atoms with Gasteiger partial charge in [-0.3, -0.25) is 24.0 Å². The lowest BCUT2D eigenvalue weighted by atomic mass is 10.1. The van der Waals surface area contributed by atoms with Gasteiger partial charge in [-0.2, -0.15) is 12.6 Å². The number of hydrogen-bond donors (Lipinski definition) is 8. The van der Waals surface area contributed by atoms with Gasteiger partial charge in [-0.25, -0.2) is 4.79 Å². The first-order valence-corrected chi connectivity index (χ1v) is 8.65. The van der Waals surface area contributed by atoms with Gasteiger partial charge >= 0.3 is 5.97 Å². The van der Waals surface area contributed by atoms with Crippen molar-refractivity contribution in [2.75, 3.05) is 12.3 Å². The van der Waals surface area contributed by atoms with Crippen LogP contribution in [0.3, 0.4) is 0 Å². The van der Waals surface area contributed by atoms with Crippen LogP contribution in [0.1, 0.15) is 19.3 Å². The molecule has 0 aromatic rings. The molecular weight excluding hydrogens is 396 g/mol. The minimum atomic E-state index is -1.63. The monoisotopic (exact) mass is 420 g/mol. The van der Waals surface area contributed by atoms with Crippen molar-refractivity contribution in [3.05, 3.63) is 0 Å². The Morgan fingerprint density at radius 3 is 1.82 bits per heavy atom. The molecule has 0 saturated carbocycles. The fourth-order valence-electron chi connectivity index (χ4n) is 1.95. The van der Waals surface area contributed by atoms with Crippen LogP contribution in [-0.4, -0.2) is 71.0 Å². The van der Waals surface area contributed by atoms with E-state index >= 15 is 0 Å². The molecule has 28 heavy (non-hydrogen) atoms. The highest BCUT2D eigenvalue weighted by molar-refractivity contribution is 7.80. The number of aliphatic carboxylic acids is 1. The maximum atomic E-state index is 12.4. The Morgan fingerprint density at radius 2 is 1.39 bits per heavy atom. The van der Waals surface area contributed by atoms with Crippen molar-refractivity contribution >= 4 is 48.1 Å². The molecule has 0 saturated heterocycles. The van der Waals surface area contributed by atoms with E-state index in [0.29, 0.717) is 0 Å². The molecule has 13 nitrogen and oxygen atoms in total. The molecule has 0 aliphatic rings. The number of carboxylic acids is 1. The third-order valence-electron chi connectivity index (χ3n) is 3.35. The van der Waals surface area contributed by atoms with Crippen LogP contribution in [0.4, 0.5) is 0 Å². The molecule has 10 N–H and O–H groups in total. The van der Waals surface area contributed by atoms with E-state index in [-0.39, 0.29) is 25.1 Å². The normalized spacial score (nSPS) is 13.5. The van der Waals surface area contributed by atoms with Crippen molar-refractivity contribution in [1.82, 2.24) is 16.0 Å². The van der Waals surface area contributed by atoms with Crippen molar-refractivity contribution in [3.63, 3.8) is 0 Å². The van der Waals surface area contributed by atoms with Crippen LogP contribution >= 0.6 is 12.6 Å². The van der Waals surface area contributed by atoms with E-state index in [1.165, 1.54) is 0 Å². The number of primary amides is 2. The summed E-state index contributed by atoms with van der Waals surface area (Å²) in [6.07, 6.45) is -1.23. The molecule has 0 aliphatic heterocycles. The quantitative estimate of drug-likeness (QED) is 0.135. The zero-order chi connectivity index (χ0) is 21.9. The summed E-state index contributed by atoms with van der Waals surface area (Å²) in [5.41, 5.74) is 15.1. The van der Waals surface area contributed by atoms with Crippen LogP contribution in [0.25, 0.3) is 0 Å². The van der Waals surface area contributed by atoms with Crippen LogP contribution < -0.4 is 33.2 Å². The fraction of sp³-hybridized carbons (Fsp3) is 0.571. The maximum Gasteiger partial charge on any atom is 0.326 e. The fourth-order valence-corrected chi connectivity index (χ4v) is 2.21. The molecule has 0 spiro atoms. The molecule has 0 aromatic carbocycles. The third kappa shape index (κ3) is 9.72. The Labute approximate surface area is 165 Å². The molecule has 158 valence electrons. The Morgan fingerprint density at radius 1 is 0.857 bits per heavy atom. The summed E-state index contributed by atoms with van der Waals surface area (Å²) in [5, 5.41) is 15.7. The van der Waals surface area contributed by atoms with Crippen molar-refractivity contribution in [2.24, 2.45) is 17.2 Å². The van der Waals surface area contributed by atoms with E-state index < -0.39 is 60.1 Å². The van der Waals surface area contributed by atoms with E-state index in [2.05, 4.69) is 28.6 Å².